The van der Waals surface area contributed by atoms with Crippen LogP contribution in [0.15, 0.2) is 0 Å². The number of hydrogen-bond donors (Lipinski definition) is 0. The third-order valence-electron chi connectivity index (χ3n) is 3.51. The zero-order chi connectivity index (χ0) is 10.0. The van der Waals surface area contributed by atoms with Crippen LogP contribution in [0.1, 0.15) is 47.5 Å². The maximum atomic E-state index is 2.42. The van der Waals surface area contributed by atoms with E-state index in [0.29, 0.717) is 7.92 Å². The van der Waals surface area contributed by atoms with E-state index in [1.165, 1.54) is 19.0 Å². The molecule has 1 aliphatic rings. The van der Waals surface area contributed by atoms with E-state index in [9.17, 15) is 0 Å². The molecule has 0 aromatic heterocycles. The van der Waals surface area contributed by atoms with Crippen LogP contribution in [0.2, 0.25) is 0 Å². The van der Waals surface area contributed by atoms with E-state index >= 15 is 0 Å². The average molecular weight is 200 g/mol. The zero-order valence-corrected chi connectivity index (χ0v) is 10.8. The van der Waals surface area contributed by atoms with Crippen molar-refractivity contribution in [3.8, 4) is 0 Å². The largest absolute Gasteiger partial charge is 0.100 e. The molecule has 1 rings (SSSR count). The Morgan fingerprint density at radius 3 is 1.62 bits per heavy atom. The van der Waals surface area contributed by atoms with Crippen LogP contribution in [0.3, 0.4) is 0 Å². The summed E-state index contributed by atoms with van der Waals surface area (Å²) in [5.74, 6) is 1.85. The van der Waals surface area contributed by atoms with Crippen LogP contribution in [-0.2, 0) is 0 Å². The van der Waals surface area contributed by atoms with Crippen LogP contribution in [-0.4, -0.2) is 17.5 Å². The molecular weight excluding hydrogens is 175 g/mol. The fraction of sp³-hybridized carbons (Fsp3) is 1.00. The molecule has 0 nitrogen and oxygen atoms in total. The van der Waals surface area contributed by atoms with Gasteiger partial charge in [-0.3, -0.25) is 0 Å². The average Bonchev–Trinajstić information content (AvgIpc) is 2.46. The highest BCUT2D eigenvalue weighted by Crippen LogP contribution is 2.59. The van der Waals surface area contributed by atoms with Gasteiger partial charge in [0.2, 0.25) is 0 Å². The summed E-state index contributed by atoms with van der Waals surface area (Å²) < 4.78 is 0. The van der Waals surface area contributed by atoms with E-state index < -0.39 is 0 Å². The lowest BCUT2D eigenvalue weighted by Gasteiger charge is -2.29. The Balaban J connectivity index is 2.63. The van der Waals surface area contributed by atoms with Crippen molar-refractivity contribution in [2.75, 3.05) is 6.16 Å². The molecule has 1 heterocycles. The van der Waals surface area contributed by atoms with Crippen LogP contribution >= 0.6 is 7.92 Å². The minimum atomic E-state index is 0.351. The summed E-state index contributed by atoms with van der Waals surface area (Å²) in [6.07, 6.45) is 4.49. The fourth-order valence-corrected chi connectivity index (χ4v) is 6.74. The van der Waals surface area contributed by atoms with Gasteiger partial charge < -0.3 is 0 Å². The molecule has 13 heavy (non-hydrogen) atoms. The molecular formula is C12H25P. The minimum absolute atomic E-state index is 0.351. The van der Waals surface area contributed by atoms with Crippen LogP contribution in [0.5, 0.6) is 0 Å². The summed E-state index contributed by atoms with van der Waals surface area (Å²) in [6.45, 7) is 12.1. The molecule has 1 heteroatoms. The standard InChI is InChI=1S/C12H25P/c1-6-13-11(9(2)3)7-8-12(13)10(4)5/h9-12H,6-8H2,1-5H3. The molecule has 0 aliphatic carbocycles. The monoisotopic (exact) mass is 200 g/mol. The smallest absolute Gasteiger partial charge is 0.0183 e. The second-order valence-electron chi connectivity index (χ2n) is 5.03. The molecule has 0 bridgehead atoms. The van der Waals surface area contributed by atoms with E-state index in [2.05, 4.69) is 34.6 Å². The highest BCUT2D eigenvalue weighted by atomic mass is 31.1. The molecule has 78 valence electrons. The lowest BCUT2D eigenvalue weighted by molar-refractivity contribution is 0.543. The molecule has 2 atom stereocenters. The molecule has 0 aromatic rings. The molecule has 0 amide bonds. The van der Waals surface area contributed by atoms with Crippen molar-refractivity contribution in [2.45, 2.75) is 58.8 Å². The Bertz CT molecular complexity index is 135. The van der Waals surface area contributed by atoms with Crippen molar-refractivity contribution in [3.63, 3.8) is 0 Å². The number of hydrogen-bond acceptors (Lipinski definition) is 0. The van der Waals surface area contributed by atoms with Gasteiger partial charge in [-0.15, -0.1) is 7.92 Å². The molecule has 0 radical (unpaired) electrons. The first-order chi connectivity index (χ1) is 6.07. The van der Waals surface area contributed by atoms with Gasteiger partial charge in [-0.25, -0.2) is 0 Å². The molecule has 1 fully saturated rings. The van der Waals surface area contributed by atoms with Crippen molar-refractivity contribution in [3.05, 3.63) is 0 Å². The molecule has 1 saturated heterocycles. The van der Waals surface area contributed by atoms with Crippen LogP contribution in [0.25, 0.3) is 0 Å². The highest BCUT2D eigenvalue weighted by Gasteiger charge is 2.36. The van der Waals surface area contributed by atoms with Gasteiger partial charge in [-0.05, 0) is 42.2 Å². The zero-order valence-electron chi connectivity index (χ0n) is 9.88. The lowest BCUT2D eigenvalue weighted by atomic mass is 10.0. The molecule has 0 saturated carbocycles. The van der Waals surface area contributed by atoms with Gasteiger partial charge >= 0.3 is 0 Å². The summed E-state index contributed by atoms with van der Waals surface area (Å²) in [7, 11) is 0.351. The predicted octanol–water partition coefficient (Wildman–Crippen LogP) is 4.33. The van der Waals surface area contributed by atoms with E-state index in [4.69, 9.17) is 0 Å². The first-order valence-electron chi connectivity index (χ1n) is 5.83. The topological polar surface area (TPSA) is 0 Å². The van der Waals surface area contributed by atoms with E-state index in [0.717, 1.165) is 23.2 Å². The first kappa shape index (κ1) is 11.5. The van der Waals surface area contributed by atoms with Gasteiger partial charge in [-0.2, -0.15) is 0 Å². The van der Waals surface area contributed by atoms with Gasteiger partial charge in [0.15, 0.2) is 0 Å². The van der Waals surface area contributed by atoms with Crippen molar-refractivity contribution in [1.82, 2.24) is 0 Å². The van der Waals surface area contributed by atoms with E-state index in [1.54, 1.807) is 0 Å². The Morgan fingerprint density at radius 2 is 1.38 bits per heavy atom. The second kappa shape index (κ2) is 4.78. The van der Waals surface area contributed by atoms with Gasteiger partial charge in [0.25, 0.3) is 0 Å². The van der Waals surface area contributed by atoms with Crippen molar-refractivity contribution in [1.29, 1.82) is 0 Å². The lowest BCUT2D eigenvalue weighted by Crippen LogP contribution is -2.15. The van der Waals surface area contributed by atoms with Crippen molar-refractivity contribution < 1.29 is 0 Å². The Kier molecular flexibility index (Phi) is 4.23. The second-order valence-corrected chi connectivity index (χ2v) is 8.02. The van der Waals surface area contributed by atoms with Gasteiger partial charge in [0.1, 0.15) is 0 Å². The molecule has 0 N–H and O–H groups in total. The quantitative estimate of drug-likeness (QED) is 0.595. The summed E-state index contributed by atoms with van der Waals surface area (Å²) in [6, 6.07) is 0. The Labute approximate surface area is 85.2 Å². The molecule has 0 aromatic carbocycles. The van der Waals surface area contributed by atoms with Gasteiger partial charge in [-0.1, -0.05) is 34.6 Å². The fourth-order valence-electron chi connectivity index (χ4n) is 2.82. The van der Waals surface area contributed by atoms with Crippen molar-refractivity contribution in [2.24, 2.45) is 11.8 Å². The summed E-state index contributed by atoms with van der Waals surface area (Å²) >= 11 is 0. The third-order valence-corrected chi connectivity index (χ3v) is 7.66. The minimum Gasteiger partial charge on any atom is -0.100 e. The SMILES string of the molecule is CCP1C(C(C)C)CCC1C(C)C. The first-order valence-corrected chi connectivity index (χ1v) is 7.50. The van der Waals surface area contributed by atoms with Gasteiger partial charge in [0, 0.05) is 0 Å². The van der Waals surface area contributed by atoms with Crippen LogP contribution in [0.4, 0.5) is 0 Å². The van der Waals surface area contributed by atoms with Crippen LogP contribution in [0, 0.1) is 11.8 Å². The van der Waals surface area contributed by atoms with Gasteiger partial charge in [0.05, 0.1) is 0 Å². The van der Waals surface area contributed by atoms with E-state index in [-0.39, 0.29) is 0 Å². The summed E-state index contributed by atoms with van der Waals surface area (Å²) in [4.78, 5) is 0. The van der Waals surface area contributed by atoms with Crippen molar-refractivity contribution >= 4 is 7.92 Å². The maximum absolute atomic E-state index is 2.42. The third kappa shape index (κ3) is 2.46. The normalized spacial score (nSPS) is 34.8. The molecule has 1 aliphatic heterocycles. The Hall–Kier alpha value is 0.430. The van der Waals surface area contributed by atoms with E-state index in [1.807, 2.05) is 0 Å². The maximum Gasteiger partial charge on any atom is -0.0183 e. The highest BCUT2D eigenvalue weighted by molar-refractivity contribution is 7.59. The van der Waals surface area contributed by atoms with Crippen LogP contribution < -0.4 is 0 Å². The molecule has 0 spiro atoms. The summed E-state index contributed by atoms with van der Waals surface area (Å²) in [5.41, 5.74) is 2.15. The molecule has 2 unspecified atom stereocenters. The summed E-state index contributed by atoms with van der Waals surface area (Å²) in [5, 5.41) is 0. The predicted molar refractivity (Wildman–Crippen MR) is 63.9 cm³/mol. The number of rotatable bonds is 3. The Morgan fingerprint density at radius 1 is 1.00 bits per heavy atom.